The van der Waals surface area contributed by atoms with Crippen LogP contribution in [0.25, 0.3) is 33.8 Å². The smallest absolute Gasteiger partial charge is 0.490 e. The molecule has 0 spiro atoms. The van der Waals surface area contributed by atoms with E-state index in [0.717, 1.165) is 5.56 Å². The number of carbonyl (C=O) groups excluding carboxylic acids is 1. The maximum atomic E-state index is 12.1. The van der Waals surface area contributed by atoms with Crippen molar-refractivity contribution in [2.45, 2.75) is 38.6 Å². The van der Waals surface area contributed by atoms with E-state index >= 15 is 0 Å². The molecule has 0 saturated heterocycles. The number of esters is 1. The summed E-state index contributed by atoms with van der Waals surface area (Å²) in [6.45, 7) is 2.49. The number of hydrogen-bond acceptors (Lipinski definition) is 11. The number of unbranched alkanes of at least 4 members (excludes halogenated alkanes) is 1. The fraction of sp³-hybridized carbons (Fsp3) is 0.400. The number of nitrogens with two attached hydrogens (primary N) is 1. The largest absolute Gasteiger partial charge is 0.490 e. The molecule has 3 aromatic heterocycles. The van der Waals surface area contributed by atoms with Crippen LogP contribution in [0.4, 0.5) is 19.0 Å². The van der Waals surface area contributed by atoms with Gasteiger partial charge in [0.15, 0.2) is 23.1 Å². The number of aryl methyl sites for hydroxylation is 1. The molecule has 0 aliphatic heterocycles. The Labute approximate surface area is 226 Å². The van der Waals surface area contributed by atoms with Crippen molar-refractivity contribution >= 4 is 22.8 Å². The minimum atomic E-state index is -5.09. The molecule has 12 nitrogen and oxygen atoms in total. The molecule has 1 atom stereocenters. The van der Waals surface area contributed by atoms with Crippen LogP contribution in [0.2, 0.25) is 0 Å². The van der Waals surface area contributed by atoms with E-state index in [9.17, 15) is 23.1 Å². The van der Waals surface area contributed by atoms with Crippen LogP contribution in [-0.2, 0) is 16.1 Å². The number of alkyl halides is 3. The van der Waals surface area contributed by atoms with Crippen molar-refractivity contribution in [1.82, 2.24) is 30.2 Å². The molecular weight excluding hydrogens is 535 g/mol. The van der Waals surface area contributed by atoms with Crippen molar-refractivity contribution in [2.24, 2.45) is 0 Å². The molecule has 40 heavy (non-hydrogen) atoms. The number of benzene rings is 1. The maximum absolute atomic E-state index is 12.1. The number of carbonyl (C=O) groups is 1. The Hall–Kier alpha value is -4.24. The van der Waals surface area contributed by atoms with Gasteiger partial charge in [-0.25, -0.2) is 19.4 Å². The van der Waals surface area contributed by atoms with Gasteiger partial charge in [-0.05, 0) is 36.6 Å². The highest BCUT2D eigenvalue weighted by Gasteiger charge is 2.41. The number of nitrogen functional groups attached to an aromatic ring is 1. The van der Waals surface area contributed by atoms with Gasteiger partial charge < -0.3 is 30.2 Å². The molecule has 1 aromatic carbocycles. The number of halogens is 3. The zero-order chi connectivity index (χ0) is 28.7. The summed E-state index contributed by atoms with van der Waals surface area (Å²) in [7, 11) is 0. The highest BCUT2D eigenvalue weighted by Crippen LogP contribution is 2.36. The Kier molecular flexibility index (Phi) is 9.16. The second kappa shape index (κ2) is 12.7. The van der Waals surface area contributed by atoms with Gasteiger partial charge in [0.2, 0.25) is 0 Å². The van der Waals surface area contributed by atoms with E-state index in [-0.39, 0.29) is 12.4 Å². The first-order valence-electron chi connectivity index (χ1n) is 12.5. The highest BCUT2D eigenvalue weighted by atomic mass is 19.4. The summed E-state index contributed by atoms with van der Waals surface area (Å²) in [4.78, 5) is 20.1. The number of nitrogens with one attached hydrogen (secondary N) is 1. The summed E-state index contributed by atoms with van der Waals surface area (Å²) in [5.74, 6) is -1.24. The monoisotopic (exact) mass is 563 g/mol. The maximum Gasteiger partial charge on any atom is 0.490 e. The minimum Gasteiger partial charge on any atom is -0.490 e. The Morgan fingerprint density at radius 3 is 2.65 bits per heavy atom. The number of imidazole rings is 1. The van der Waals surface area contributed by atoms with Crippen LogP contribution in [0.1, 0.15) is 19.8 Å². The lowest BCUT2D eigenvalue weighted by Crippen LogP contribution is -2.34. The lowest BCUT2D eigenvalue weighted by molar-refractivity contribution is -0.201. The first-order chi connectivity index (χ1) is 19.2. The average Bonchev–Trinajstić information content (AvgIpc) is 3.54. The van der Waals surface area contributed by atoms with Crippen LogP contribution in [-0.4, -0.2) is 74.5 Å². The molecular formula is C25H28F3N7O5. The highest BCUT2D eigenvalue weighted by molar-refractivity contribution is 5.95. The Balaban J connectivity index is 1.40. The third kappa shape index (κ3) is 6.66. The van der Waals surface area contributed by atoms with Gasteiger partial charge in [0.05, 0.1) is 18.5 Å². The quantitative estimate of drug-likeness (QED) is 0.162. The van der Waals surface area contributed by atoms with Crippen molar-refractivity contribution in [3.63, 3.8) is 0 Å². The predicted molar refractivity (Wildman–Crippen MR) is 137 cm³/mol. The number of pyridine rings is 1. The van der Waals surface area contributed by atoms with E-state index in [2.05, 4.69) is 25.4 Å². The molecule has 0 aliphatic carbocycles. The number of fused-ring (bicyclic) bond motifs is 1. The molecule has 4 N–H and O–H groups in total. The summed E-state index contributed by atoms with van der Waals surface area (Å²) in [5.41, 5.74) is 9.11. The topological polar surface area (TPSA) is 163 Å². The summed E-state index contributed by atoms with van der Waals surface area (Å²) in [6, 6.07) is 9.60. The number of aliphatic hydroxyl groups excluding tert-OH is 1. The van der Waals surface area contributed by atoms with Gasteiger partial charge in [-0.1, -0.05) is 30.3 Å². The normalized spacial score (nSPS) is 12.5. The molecule has 0 aliphatic rings. The van der Waals surface area contributed by atoms with Crippen molar-refractivity contribution < 1.29 is 37.2 Å². The number of nitrogens with zero attached hydrogens (tertiary/aromatic N) is 5. The first-order valence-corrected chi connectivity index (χ1v) is 12.5. The molecule has 0 radical (unpaired) electrons. The van der Waals surface area contributed by atoms with Gasteiger partial charge in [-0.3, -0.25) is 0 Å². The third-order valence-electron chi connectivity index (χ3n) is 5.85. The number of aromatic nitrogens is 5. The molecule has 1 unspecified atom stereocenters. The number of aliphatic hydroxyl groups is 1. The summed E-state index contributed by atoms with van der Waals surface area (Å²) < 4.78 is 53.3. The summed E-state index contributed by atoms with van der Waals surface area (Å²) in [6.07, 6.45) is -3.44. The average molecular weight is 564 g/mol. The van der Waals surface area contributed by atoms with Crippen molar-refractivity contribution in [3.8, 4) is 28.5 Å². The van der Waals surface area contributed by atoms with Gasteiger partial charge in [-0.2, -0.15) is 13.2 Å². The molecule has 0 bridgehead atoms. The third-order valence-corrected chi connectivity index (χ3v) is 5.85. The molecule has 0 fully saturated rings. The van der Waals surface area contributed by atoms with Crippen LogP contribution >= 0.6 is 0 Å². The second-order valence-electron chi connectivity index (χ2n) is 8.72. The van der Waals surface area contributed by atoms with Gasteiger partial charge in [0, 0.05) is 18.7 Å². The zero-order valence-corrected chi connectivity index (χ0v) is 21.5. The zero-order valence-electron chi connectivity index (χ0n) is 21.5. The lowest BCUT2D eigenvalue weighted by atomic mass is 10.1. The minimum absolute atomic E-state index is 0.0318. The Bertz CT molecular complexity index is 1430. The first kappa shape index (κ1) is 28.8. The Morgan fingerprint density at radius 2 is 1.98 bits per heavy atom. The van der Waals surface area contributed by atoms with Crippen molar-refractivity contribution in [3.05, 3.63) is 36.5 Å². The number of anilines is 1. The van der Waals surface area contributed by atoms with Crippen LogP contribution in [0, 0.1) is 0 Å². The second-order valence-corrected chi connectivity index (χ2v) is 8.72. The van der Waals surface area contributed by atoms with Crippen LogP contribution in [0.5, 0.6) is 5.75 Å². The summed E-state index contributed by atoms with van der Waals surface area (Å²) in [5, 5.41) is 20.2. The van der Waals surface area contributed by atoms with E-state index in [1.165, 1.54) is 0 Å². The van der Waals surface area contributed by atoms with Crippen molar-refractivity contribution in [1.29, 1.82) is 0 Å². The van der Waals surface area contributed by atoms with Gasteiger partial charge in [0.1, 0.15) is 23.7 Å². The van der Waals surface area contributed by atoms with E-state index in [1.54, 1.807) is 6.20 Å². The lowest BCUT2D eigenvalue weighted by Gasteiger charge is -2.14. The summed E-state index contributed by atoms with van der Waals surface area (Å²) >= 11 is 0. The van der Waals surface area contributed by atoms with Gasteiger partial charge in [0.25, 0.3) is 0 Å². The van der Waals surface area contributed by atoms with Crippen LogP contribution in [0.3, 0.4) is 0 Å². The molecule has 0 saturated carbocycles. The molecule has 0 amide bonds. The molecule has 3 heterocycles. The van der Waals surface area contributed by atoms with E-state index in [4.69, 9.17) is 20.1 Å². The van der Waals surface area contributed by atoms with Crippen molar-refractivity contribution in [2.75, 3.05) is 32.0 Å². The number of rotatable bonds is 13. The van der Waals surface area contributed by atoms with E-state index in [0.29, 0.717) is 66.5 Å². The number of ether oxygens (including phenoxy) is 2. The molecule has 214 valence electrons. The van der Waals surface area contributed by atoms with Gasteiger partial charge >= 0.3 is 12.1 Å². The fourth-order valence-electron chi connectivity index (χ4n) is 3.98. The SMILES string of the molecule is CCn1c(-c2nonc2N)nc2c(-c3ccccc3)ncc(OCCCCNCC(O)COC(=O)C(F)(F)F)c21. The van der Waals surface area contributed by atoms with E-state index < -0.39 is 24.9 Å². The fourth-order valence-corrected chi connectivity index (χ4v) is 3.98. The number of hydrogen-bond donors (Lipinski definition) is 3. The van der Waals surface area contributed by atoms with Gasteiger partial charge in [-0.15, -0.1) is 0 Å². The Morgan fingerprint density at radius 1 is 1.20 bits per heavy atom. The molecule has 4 aromatic rings. The van der Waals surface area contributed by atoms with Crippen LogP contribution < -0.4 is 15.8 Å². The van der Waals surface area contributed by atoms with E-state index in [1.807, 2.05) is 41.8 Å². The van der Waals surface area contributed by atoms with Crippen LogP contribution in [0.15, 0.2) is 41.2 Å². The standard InChI is InChI=1S/C25H28F3N7O5/c1-2-35-21-17(38-11-7-6-10-30-12-16(36)14-39-24(37)25(26,27)28)13-31-18(15-8-4-3-5-9-15)19(21)32-23(35)20-22(29)34-40-33-20/h3-5,8-9,13,16,30,36H,2,6-7,10-12,14H2,1H3,(H2,29,34). The molecule has 4 rings (SSSR count). The predicted octanol–water partition coefficient (Wildman–Crippen LogP) is 2.97. The molecule has 15 heteroatoms.